The molecule has 1 aromatic rings. The summed E-state index contributed by atoms with van der Waals surface area (Å²) in [6.45, 7) is -0.197. The Morgan fingerprint density at radius 1 is 1.37 bits per heavy atom. The second-order valence-electron chi connectivity index (χ2n) is 4.73. The van der Waals surface area contributed by atoms with Gasteiger partial charge in [-0.3, -0.25) is 0 Å². The first kappa shape index (κ1) is 15.1. The third kappa shape index (κ3) is 3.23. The summed E-state index contributed by atoms with van der Waals surface area (Å²) in [6.07, 6.45) is 4.34. The van der Waals surface area contributed by atoms with Gasteiger partial charge in [0.2, 0.25) is 0 Å². The number of aliphatic hydroxyl groups excluding tert-OH is 1. The third-order valence-electron chi connectivity index (χ3n) is 3.29. The molecule has 1 heterocycles. The molecule has 2 N–H and O–H groups in total. The molecule has 8 heteroatoms. The van der Waals surface area contributed by atoms with E-state index in [-0.39, 0.29) is 29.6 Å². The number of halogens is 3. The number of hydrogen-bond donors (Lipinski definition) is 2. The Balaban J connectivity index is 2.21. The van der Waals surface area contributed by atoms with Gasteiger partial charge in [-0.15, -0.1) is 11.6 Å². The average Bonchev–Trinajstić information content (AvgIpc) is 2.93. The first-order chi connectivity index (χ1) is 8.90. The summed E-state index contributed by atoms with van der Waals surface area (Å²) in [5.74, 6) is 0. The SMILES string of the molecule is OCC(Cl)=C(Cl)CC(O)(Cn1cncn1)C1(Cl)CC1. The molecule has 1 aliphatic rings. The zero-order valence-corrected chi connectivity index (χ0v) is 12.3. The highest BCUT2D eigenvalue weighted by molar-refractivity contribution is 6.39. The second-order valence-corrected chi connectivity index (χ2v) is 6.37. The Labute approximate surface area is 125 Å². The molecule has 0 spiro atoms. The number of nitrogens with zero attached hydrogens (tertiary/aromatic N) is 3. The highest BCUT2D eigenvalue weighted by Gasteiger charge is 2.58. The summed E-state index contributed by atoms with van der Waals surface area (Å²) in [6, 6.07) is 0. The van der Waals surface area contributed by atoms with Crippen molar-refractivity contribution in [2.24, 2.45) is 0 Å². The molecular formula is C11H14Cl3N3O2. The van der Waals surface area contributed by atoms with Crippen LogP contribution in [-0.4, -0.2) is 42.1 Å². The summed E-state index contributed by atoms with van der Waals surface area (Å²) < 4.78 is 1.50. The molecule has 0 aliphatic heterocycles. The molecule has 2 rings (SSSR count). The van der Waals surface area contributed by atoms with Gasteiger partial charge in [-0.1, -0.05) is 23.2 Å². The summed E-state index contributed by atoms with van der Waals surface area (Å²) in [7, 11) is 0. The van der Waals surface area contributed by atoms with E-state index in [0.717, 1.165) is 0 Å². The highest BCUT2D eigenvalue weighted by Crippen LogP contribution is 2.54. The average molecular weight is 327 g/mol. The van der Waals surface area contributed by atoms with Crippen molar-refractivity contribution in [3.8, 4) is 0 Å². The van der Waals surface area contributed by atoms with E-state index in [1.54, 1.807) is 0 Å². The lowest BCUT2D eigenvalue weighted by Gasteiger charge is -2.32. The fraction of sp³-hybridized carbons (Fsp3) is 0.636. The normalized spacial score (nSPS) is 21.7. The highest BCUT2D eigenvalue weighted by atomic mass is 35.5. The van der Waals surface area contributed by atoms with E-state index in [0.29, 0.717) is 12.8 Å². The van der Waals surface area contributed by atoms with Crippen LogP contribution in [0.1, 0.15) is 19.3 Å². The molecule has 5 nitrogen and oxygen atoms in total. The molecule has 0 saturated heterocycles. The Bertz CT molecular complexity index is 474. The van der Waals surface area contributed by atoms with Crippen molar-refractivity contribution >= 4 is 34.8 Å². The van der Waals surface area contributed by atoms with Crippen molar-refractivity contribution in [3.63, 3.8) is 0 Å². The van der Waals surface area contributed by atoms with Gasteiger partial charge in [0.25, 0.3) is 0 Å². The van der Waals surface area contributed by atoms with Crippen LogP contribution < -0.4 is 0 Å². The number of rotatable bonds is 6. The molecule has 0 aromatic carbocycles. The maximum Gasteiger partial charge on any atom is 0.137 e. The third-order valence-corrected chi connectivity index (χ3v) is 4.83. The Morgan fingerprint density at radius 2 is 2.05 bits per heavy atom. The molecule has 0 radical (unpaired) electrons. The molecule has 19 heavy (non-hydrogen) atoms. The van der Waals surface area contributed by atoms with Crippen LogP contribution in [0.3, 0.4) is 0 Å². The van der Waals surface area contributed by atoms with Crippen LogP contribution in [0.5, 0.6) is 0 Å². The fourth-order valence-electron chi connectivity index (χ4n) is 1.95. The summed E-state index contributed by atoms with van der Waals surface area (Å²) in [4.78, 5) is 3.10. The molecule has 1 aromatic heterocycles. The number of hydrogen-bond acceptors (Lipinski definition) is 4. The zero-order valence-electron chi connectivity index (χ0n) is 10.1. The van der Waals surface area contributed by atoms with Crippen molar-refractivity contribution in [3.05, 3.63) is 22.7 Å². The number of aliphatic hydroxyl groups is 2. The molecule has 106 valence electrons. The van der Waals surface area contributed by atoms with E-state index in [9.17, 15) is 5.11 Å². The predicted octanol–water partition coefficient (Wildman–Crippen LogP) is 1.85. The number of alkyl halides is 1. The van der Waals surface area contributed by atoms with Crippen LogP contribution in [-0.2, 0) is 6.54 Å². The second kappa shape index (κ2) is 5.58. The van der Waals surface area contributed by atoms with E-state index >= 15 is 0 Å². The van der Waals surface area contributed by atoms with E-state index in [4.69, 9.17) is 39.9 Å². The molecule has 1 atom stereocenters. The standard InChI is InChI=1S/C11H14Cl3N3O2/c12-8(9(13)4-18)3-11(19,10(14)1-2-10)5-17-7-15-6-16-17/h6-7,18-19H,1-5H2. The van der Waals surface area contributed by atoms with Crippen LogP contribution in [0.4, 0.5) is 0 Å². The molecule has 1 saturated carbocycles. The molecule has 0 bridgehead atoms. The van der Waals surface area contributed by atoms with E-state index in [2.05, 4.69) is 10.1 Å². The smallest absolute Gasteiger partial charge is 0.137 e. The molecule has 1 aliphatic carbocycles. The van der Waals surface area contributed by atoms with Gasteiger partial charge < -0.3 is 10.2 Å². The summed E-state index contributed by atoms with van der Waals surface area (Å²) in [5, 5.41) is 24.1. The van der Waals surface area contributed by atoms with Crippen molar-refractivity contribution in [1.29, 1.82) is 0 Å². The van der Waals surface area contributed by atoms with E-state index in [1.807, 2.05) is 0 Å². The fourth-order valence-corrected chi connectivity index (χ4v) is 2.52. The van der Waals surface area contributed by atoms with Crippen LogP contribution >= 0.6 is 34.8 Å². The summed E-state index contributed by atoms with van der Waals surface area (Å²) in [5.41, 5.74) is -1.28. The van der Waals surface area contributed by atoms with Crippen LogP contribution in [0.15, 0.2) is 22.7 Å². The van der Waals surface area contributed by atoms with Crippen molar-refractivity contribution in [2.45, 2.75) is 36.3 Å². The van der Waals surface area contributed by atoms with Gasteiger partial charge >= 0.3 is 0 Å². The maximum atomic E-state index is 10.8. The molecule has 1 fully saturated rings. The Morgan fingerprint density at radius 3 is 2.53 bits per heavy atom. The summed E-state index contributed by atoms with van der Waals surface area (Å²) >= 11 is 18.2. The lowest BCUT2D eigenvalue weighted by atomic mass is 9.92. The van der Waals surface area contributed by atoms with Gasteiger partial charge in [0.05, 0.1) is 23.1 Å². The van der Waals surface area contributed by atoms with Gasteiger partial charge in [0.15, 0.2) is 0 Å². The van der Waals surface area contributed by atoms with Crippen molar-refractivity contribution in [1.82, 2.24) is 14.8 Å². The quantitative estimate of drug-likeness (QED) is 0.783. The molecule has 0 amide bonds. The topological polar surface area (TPSA) is 71.2 Å². The molecule has 1 unspecified atom stereocenters. The van der Waals surface area contributed by atoms with Crippen molar-refractivity contribution < 1.29 is 10.2 Å². The lowest BCUT2D eigenvalue weighted by Crippen LogP contribution is -2.45. The largest absolute Gasteiger partial charge is 0.391 e. The van der Waals surface area contributed by atoms with Gasteiger partial charge in [-0.2, -0.15) is 5.10 Å². The van der Waals surface area contributed by atoms with Crippen molar-refractivity contribution in [2.75, 3.05) is 6.61 Å². The monoisotopic (exact) mass is 325 g/mol. The maximum absolute atomic E-state index is 10.8. The van der Waals surface area contributed by atoms with Crippen LogP contribution in [0.25, 0.3) is 0 Å². The minimum absolute atomic E-state index is 0.0668. The zero-order chi connectivity index (χ0) is 14.1. The Hall–Kier alpha value is -0.330. The predicted molar refractivity (Wildman–Crippen MR) is 73.2 cm³/mol. The van der Waals surface area contributed by atoms with Crippen LogP contribution in [0, 0.1) is 0 Å². The first-order valence-corrected chi connectivity index (χ1v) is 6.91. The first-order valence-electron chi connectivity index (χ1n) is 5.78. The van der Waals surface area contributed by atoms with Gasteiger partial charge in [-0.25, -0.2) is 9.67 Å². The molecular weight excluding hydrogens is 312 g/mol. The van der Waals surface area contributed by atoms with Crippen LogP contribution in [0.2, 0.25) is 0 Å². The van der Waals surface area contributed by atoms with E-state index < -0.39 is 10.5 Å². The van der Waals surface area contributed by atoms with E-state index in [1.165, 1.54) is 17.3 Å². The minimum atomic E-state index is -1.28. The van der Waals surface area contributed by atoms with Gasteiger partial charge in [0, 0.05) is 11.5 Å². The van der Waals surface area contributed by atoms with Gasteiger partial charge in [-0.05, 0) is 12.8 Å². The minimum Gasteiger partial charge on any atom is -0.391 e. The Kier molecular flexibility index (Phi) is 4.42. The number of aromatic nitrogens is 3. The van der Waals surface area contributed by atoms with Gasteiger partial charge in [0.1, 0.15) is 18.3 Å². The lowest BCUT2D eigenvalue weighted by molar-refractivity contribution is 0.00904.